The fraction of sp³-hybridized carbons (Fsp3) is 0.267. The topological polar surface area (TPSA) is 17.1 Å². The van der Waals surface area contributed by atoms with Gasteiger partial charge in [0.05, 0.1) is 0 Å². The third kappa shape index (κ3) is 2.13. The Morgan fingerprint density at radius 2 is 1.67 bits per heavy atom. The highest BCUT2D eigenvalue weighted by molar-refractivity contribution is 5.90. The highest BCUT2D eigenvalue weighted by atomic mass is 19.3. The second kappa shape index (κ2) is 4.48. The minimum absolute atomic E-state index is 0.236. The van der Waals surface area contributed by atoms with Crippen LogP contribution in [0.5, 0.6) is 0 Å². The number of carbonyl (C=O) groups is 1. The van der Waals surface area contributed by atoms with Gasteiger partial charge in [-0.1, -0.05) is 50.2 Å². The third-order valence-electron chi connectivity index (χ3n) is 2.95. The molecule has 2 aromatic rings. The lowest BCUT2D eigenvalue weighted by atomic mass is 9.95. The van der Waals surface area contributed by atoms with Gasteiger partial charge in [-0.3, -0.25) is 4.79 Å². The van der Waals surface area contributed by atoms with Crippen molar-refractivity contribution in [3.05, 3.63) is 48.0 Å². The van der Waals surface area contributed by atoms with Crippen molar-refractivity contribution in [2.75, 3.05) is 0 Å². The standard InChI is InChI=1S/C15H14F2O/c1-10(2)14(18)15(16,17)13-8-7-11-5-3-4-6-12(11)9-13/h3-10H,1-2H3. The van der Waals surface area contributed by atoms with Gasteiger partial charge in [0.1, 0.15) is 0 Å². The fourth-order valence-electron chi connectivity index (χ4n) is 1.89. The summed E-state index contributed by atoms with van der Waals surface area (Å²) in [6.07, 6.45) is 0. The zero-order valence-corrected chi connectivity index (χ0v) is 10.3. The summed E-state index contributed by atoms with van der Waals surface area (Å²) >= 11 is 0. The van der Waals surface area contributed by atoms with Crippen LogP contribution >= 0.6 is 0 Å². The van der Waals surface area contributed by atoms with E-state index in [4.69, 9.17) is 0 Å². The predicted octanol–water partition coefficient (Wildman–Crippen LogP) is 4.16. The van der Waals surface area contributed by atoms with E-state index in [9.17, 15) is 13.6 Å². The van der Waals surface area contributed by atoms with Gasteiger partial charge in [-0.25, -0.2) is 0 Å². The molecule has 0 aromatic heterocycles. The molecular weight excluding hydrogens is 234 g/mol. The van der Waals surface area contributed by atoms with E-state index in [1.54, 1.807) is 18.2 Å². The number of Topliss-reactive ketones (excluding diaryl/α,β-unsaturated/α-hetero) is 1. The molecule has 3 heteroatoms. The summed E-state index contributed by atoms with van der Waals surface area (Å²) in [7, 11) is 0. The molecule has 0 aliphatic rings. The zero-order valence-electron chi connectivity index (χ0n) is 10.3. The van der Waals surface area contributed by atoms with E-state index in [-0.39, 0.29) is 5.56 Å². The molecule has 0 unspecified atom stereocenters. The van der Waals surface area contributed by atoms with E-state index in [2.05, 4.69) is 0 Å². The molecule has 0 radical (unpaired) electrons. The summed E-state index contributed by atoms with van der Waals surface area (Å²) in [6, 6.07) is 11.6. The first-order valence-corrected chi connectivity index (χ1v) is 5.84. The molecule has 94 valence electrons. The molecule has 0 spiro atoms. The minimum Gasteiger partial charge on any atom is -0.292 e. The number of carbonyl (C=O) groups excluding carboxylic acids is 1. The molecule has 0 heterocycles. The second-order valence-electron chi connectivity index (χ2n) is 4.66. The number of rotatable bonds is 3. The highest BCUT2D eigenvalue weighted by Gasteiger charge is 2.41. The zero-order chi connectivity index (χ0) is 13.3. The summed E-state index contributed by atoms with van der Waals surface area (Å²) in [5, 5.41) is 1.60. The number of hydrogen-bond acceptors (Lipinski definition) is 1. The van der Waals surface area contributed by atoms with Gasteiger partial charge < -0.3 is 0 Å². The summed E-state index contributed by atoms with van der Waals surface area (Å²) in [6.45, 7) is 2.97. The van der Waals surface area contributed by atoms with Gasteiger partial charge in [0, 0.05) is 11.5 Å². The molecule has 0 aliphatic carbocycles. The van der Waals surface area contributed by atoms with Gasteiger partial charge >= 0.3 is 5.92 Å². The minimum atomic E-state index is -3.42. The first-order chi connectivity index (χ1) is 8.43. The van der Waals surface area contributed by atoms with Crippen LogP contribution < -0.4 is 0 Å². The first-order valence-electron chi connectivity index (χ1n) is 5.84. The first kappa shape index (κ1) is 12.7. The number of ketones is 1. The SMILES string of the molecule is CC(C)C(=O)C(F)(F)c1ccc2ccccc2c1. The van der Waals surface area contributed by atoms with Crippen LogP contribution in [-0.2, 0) is 10.7 Å². The Morgan fingerprint density at radius 1 is 1.06 bits per heavy atom. The van der Waals surface area contributed by atoms with Crippen molar-refractivity contribution in [1.29, 1.82) is 0 Å². The summed E-state index contributed by atoms with van der Waals surface area (Å²) in [4.78, 5) is 11.6. The van der Waals surface area contributed by atoms with Gasteiger partial charge in [-0.05, 0) is 16.8 Å². The summed E-state index contributed by atoms with van der Waals surface area (Å²) in [5.41, 5.74) is -0.236. The highest BCUT2D eigenvalue weighted by Crippen LogP contribution is 2.33. The Balaban J connectivity index is 2.50. The van der Waals surface area contributed by atoms with Crippen LogP contribution in [0, 0.1) is 5.92 Å². The van der Waals surface area contributed by atoms with Gasteiger partial charge in [0.25, 0.3) is 0 Å². The van der Waals surface area contributed by atoms with Gasteiger partial charge in [0.15, 0.2) is 0 Å². The maximum absolute atomic E-state index is 14.0. The quantitative estimate of drug-likeness (QED) is 0.797. The van der Waals surface area contributed by atoms with Crippen LogP contribution in [0.4, 0.5) is 8.78 Å². The monoisotopic (exact) mass is 248 g/mol. The molecule has 0 fully saturated rings. The molecule has 0 N–H and O–H groups in total. The van der Waals surface area contributed by atoms with Crippen LogP contribution in [0.25, 0.3) is 10.8 Å². The number of benzene rings is 2. The Hall–Kier alpha value is -1.77. The van der Waals surface area contributed by atoms with Crippen LogP contribution in [0.2, 0.25) is 0 Å². The molecule has 18 heavy (non-hydrogen) atoms. The lowest BCUT2D eigenvalue weighted by Gasteiger charge is -2.18. The van der Waals surface area contributed by atoms with E-state index < -0.39 is 17.6 Å². The Labute approximate surface area is 104 Å². The Morgan fingerprint density at radius 3 is 2.28 bits per heavy atom. The molecule has 0 atom stereocenters. The molecule has 0 amide bonds. The summed E-state index contributed by atoms with van der Waals surface area (Å²) in [5.74, 6) is -5.15. The molecular formula is C15H14F2O. The fourth-order valence-corrected chi connectivity index (χ4v) is 1.89. The van der Waals surface area contributed by atoms with Crippen LogP contribution in [0.3, 0.4) is 0 Å². The van der Waals surface area contributed by atoms with E-state index in [0.717, 1.165) is 5.39 Å². The van der Waals surface area contributed by atoms with Crippen molar-refractivity contribution >= 4 is 16.6 Å². The number of hydrogen-bond donors (Lipinski definition) is 0. The number of fused-ring (bicyclic) bond motifs is 1. The van der Waals surface area contributed by atoms with Crippen LogP contribution in [-0.4, -0.2) is 5.78 Å². The van der Waals surface area contributed by atoms with Crippen molar-refractivity contribution in [2.45, 2.75) is 19.8 Å². The largest absolute Gasteiger partial charge is 0.330 e. The number of alkyl halides is 2. The van der Waals surface area contributed by atoms with E-state index in [0.29, 0.717) is 5.39 Å². The lowest BCUT2D eigenvalue weighted by Crippen LogP contribution is -2.29. The van der Waals surface area contributed by atoms with E-state index in [1.807, 2.05) is 12.1 Å². The maximum Gasteiger partial charge on any atom is 0.330 e. The normalized spacial score (nSPS) is 12.1. The Kier molecular flexibility index (Phi) is 3.16. The van der Waals surface area contributed by atoms with Crippen molar-refractivity contribution in [3.8, 4) is 0 Å². The lowest BCUT2D eigenvalue weighted by molar-refractivity contribution is -0.147. The average molecular weight is 248 g/mol. The molecule has 0 saturated carbocycles. The second-order valence-corrected chi connectivity index (χ2v) is 4.66. The van der Waals surface area contributed by atoms with Crippen molar-refractivity contribution in [2.24, 2.45) is 5.92 Å². The Bertz CT molecular complexity index is 588. The van der Waals surface area contributed by atoms with E-state index >= 15 is 0 Å². The molecule has 2 aromatic carbocycles. The van der Waals surface area contributed by atoms with Gasteiger partial charge in [-0.15, -0.1) is 0 Å². The average Bonchev–Trinajstić information content (AvgIpc) is 2.37. The van der Waals surface area contributed by atoms with Gasteiger partial charge in [0.2, 0.25) is 5.78 Å². The van der Waals surface area contributed by atoms with Crippen LogP contribution in [0.1, 0.15) is 19.4 Å². The van der Waals surface area contributed by atoms with Crippen molar-refractivity contribution < 1.29 is 13.6 Å². The molecule has 0 aliphatic heterocycles. The number of halogens is 2. The maximum atomic E-state index is 14.0. The van der Waals surface area contributed by atoms with Crippen molar-refractivity contribution in [3.63, 3.8) is 0 Å². The van der Waals surface area contributed by atoms with Crippen LogP contribution in [0.15, 0.2) is 42.5 Å². The van der Waals surface area contributed by atoms with Gasteiger partial charge in [-0.2, -0.15) is 8.78 Å². The summed E-state index contributed by atoms with van der Waals surface area (Å²) < 4.78 is 28.0. The molecule has 2 rings (SSSR count). The molecule has 1 nitrogen and oxygen atoms in total. The molecule has 0 saturated heterocycles. The van der Waals surface area contributed by atoms with Crippen molar-refractivity contribution in [1.82, 2.24) is 0 Å². The third-order valence-corrected chi connectivity index (χ3v) is 2.95. The molecule has 0 bridgehead atoms. The van der Waals surface area contributed by atoms with E-state index in [1.165, 1.54) is 26.0 Å². The smallest absolute Gasteiger partial charge is 0.292 e. The predicted molar refractivity (Wildman–Crippen MR) is 67.7 cm³/mol.